The van der Waals surface area contributed by atoms with Gasteiger partial charge < -0.3 is 0 Å². The van der Waals surface area contributed by atoms with E-state index in [-0.39, 0.29) is 5.56 Å². The van der Waals surface area contributed by atoms with Crippen LogP contribution < -0.4 is 0 Å². The van der Waals surface area contributed by atoms with Crippen LogP contribution in [0.15, 0.2) is 18.3 Å². The summed E-state index contributed by atoms with van der Waals surface area (Å²) in [6, 6.07) is 1.45. The summed E-state index contributed by atoms with van der Waals surface area (Å²) in [6.45, 7) is 0. The number of hydrogen-bond acceptors (Lipinski definition) is 2. The number of alkyl halides is 1. The van der Waals surface area contributed by atoms with Gasteiger partial charge in [0.1, 0.15) is 0 Å². The lowest BCUT2D eigenvalue weighted by atomic mass is 10.2. The molecular weight excluding hydrogens is 237 g/mol. The molecule has 0 amide bonds. The number of nitrogens with zero attached hydrogens (tertiary/aromatic N) is 1. The minimum absolute atomic E-state index is 0.0169. The topological polar surface area (TPSA) is 30.0 Å². The quantitative estimate of drug-likeness (QED) is 0.464. The third-order valence-electron chi connectivity index (χ3n) is 1.41. The molecule has 0 bridgehead atoms. The van der Waals surface area contributed by atoms with Crippen LogP contribution in [0, 0.1) is 5.95 Å². The van der Waals surface area contributed by atoms with Crippen molar-refractivity contribution >= 4 is 28.3 Å². The van der Waals surface area contributed by atoms with Crippen molar-refractivity contribution in [2.75, 3.05) is 5.33 Å². The van der Waals surface area contributed by atoms with Crippen LogP contribution in [0.2, 0.25) is 0 Å². The van der Waals surface area contributed by atoms with Gasteiger partial charge in [-0.3, -0.25) is 4.79 Å². The molecular formula is C9H7BrFNO. The lowest BCUT2D eigenvalue weighted by molar-refractivity contribution is 0.111. The molecule has 68 valence electrons. The minimum Gasteiger partial charge on any atom is -0.298 e. The Morgan fingerprint density at radius 2 is 2.38 bits per heavy atom. The first-order valence-electron chi connectivity index (χ1n) is 3.61. The number of rotatable bonds is 3. The van der Waals surface area contributed by atoms with Gasteiger partial charge in [0.2, 0.25) is 5.95 Å². The fourth-order valence-corrected chi connectivity index (χ4v) is 1.02. The highest BCUT2D eigenvalue weighted by atomic mass is 79.9. The number of aromatic nitrogens is 1. The van der Waals surface area contributed by atoms with Crippen LogP contribution in [-0.2, 0) is 0 Å². The number of carbonyl (C=O) groups excluding carboxylic acids is 1. The smallest absolute Gasteiger partial charge is 0.223 e. The highest BCUT2D eigenvalue weighted by Crippen LogP contribution is 2.07. The van der Waals surface area contributed by atoms with E-state index in [0.29, 0.717) is 17.2 Å². The summed E-state index contributed by atoms with van der Waals surface area (Å²) in [7, 11) is 0. The standard InChI is InChI=1S/C9H7BrFNO/c10-3-1-2-7-4-8(6-13)9(11)12-5-7/h1-2,4-6H,3H2. The van der Waals surface area contributed by atoms with Gasteiger partial charge in [0, 0.05) is 11.5 Å². The zero-order valence-electron chi connectivity index (χ0n) is 6.71. The average Bonchev–Trinajstić information content (AvgIpc) is 2.16. The van der Waals surface area contributed by atoms with Crippen LogP contribution in [0.3, 0.4) is 0 Å². The van der Waals surface area contributed by atoms with Crippen LogP contribution >= 0.6 is 15.9 Å². The van der Waals surface area contributed by atoms with E-state index in [1.165, 1.54) is 12.3 Å². The monoisotopic (exact) mass is 243 g/mol. The van der Waals surface area contributed by atoms with Crippen molar-refractivity contribution in [1.82, 2.24) is 4.98 Å². The lowest BCUT2D eigenvalue weighted by Gasteiger charge is -1.95. The molecule has 0 fully saturated rings. The first-order chi connectivity index (χ1) is 6.27. The van der Waals surface area contributed by atoms with E-state index in [0.717, 1.165) is 0 Å². The molecule has 0 saturated carbocycles. The van der Waals surface area contributed by atoms with Gasteiger partial charge in [0.25, 0.3) is 0 Å². The normalized spacial score (nSPS) is 10.6. The van der Waals surface area contributed by atoms with E-state index in [1.807, 2.05) is 6.08 Å². The molecule has 4 heteroatoms. The van der Waals surface area contributed by atoms with E-state index < -0.39 is 5.95 Å². The van der Waals surface area contributed by atoms with Gasteiger partial charge in [-0.15, -0.1) is 0 Å². The summed E-state index contributed by atoms with van der Waals surface area (Å²) >= 11 is 3.21. The summed E-state index contributed by atoms with van der Waals surface area (Å²) in [4.78, 5) is 13.8. The Labute approximate surface area is 83.6 Å². The number of aldehydes is 1. The van der Waals surface area contributed by atoms with Crippen molar-refractivity contribution in [3.63, 3.8) is 0 Å². The van der Waals surface area contributed by atoms with E-state index in [2.05, 4.69) is 20.9 Å². The van der Waals surface area contributed by atoms with Gasteiger partial charge in [-0.05, 0) is 11.6 Å². The molecule has 1 aromatic rings. The van der Waals surface area contributed by atoms with E-state index in [4.69, 9.17) is 0 Å². The van der Waals surface area contributed by atoms with Gasteiger partial charge in [-0.25, -0.2) is 4.98 Å². The van der Waals surface area contributed by atoms with E-state index in [1.54, 1.807) is 6.08 Å². The fourth-order valence-electron chi connectivity index (χ4n) is 0.837. The number of allylic oxidation sites excluding steroid dienone is 1. The number of carbonyl (C=O) groups is 1. The second-order valence-electron chi connectivity index (χ2n) is 2.32. The third kappa shape index (κ3) is 2.73. The summed E-state index contributed by atoms with van der Waals surface area (Å²) in [5.41, 5.74) is 0.694. The Hall–Kier alpha value is -1.03. The second-order valence-corrected chi connectivity index (χ2v) is 2.97. The molecule has 0 saturated heterocycles. The van der Waals surface area contributed by atoms with Crippen molar-refractivity contribution in [1.29, 1.82) is 0 Å². The van der Waals surface area contributed by atoms with Crippen LogP contribution in [0.4, 0.5) is 4.39 Å². The molecule has 0 aromatic carbocycles. The summed E-state index contributed by atoms with van der Waals surface area (Å²) in [5.74, 6) is -0.731. The van der Waals surface area contributed by atoms with Crippen LogP contribution in [-0.4, -0.2) is 16.6 Å². The molecule has 0 radical (unpaired) electrons. The first kappa shape index (κ1) is 10.1. The maximum atomic E-state index is 12.7. The molecule has 0 atom stereocenters. The molecule has 0 aliphatic heterocycles. The van der Waals surface area contributed by atoms with Crippen molar-refractivity contribution in [2.45, 2.75) is 0 Å². The molecule has 1 aromatic heterocycles. The number of hydrogen-bond donors (Lipinski definition) is 0. The minimum atomic E-state index is -0.731. The van der Waals surface area contributed by atoms with Crippen LogP contribution in [0.1, 0.15) is 15.9 Å². The Morgan fingerprint density at radius 3 is 3.00 bits per heavy atom. The van der Waals surface area contributed by atoms with E-state index >= 15 is 0 Å². The second kappa shape index (κ2) is 4.87. The summed E-state index contributed by atoms with van der Waals surface area (Å²) in [6.07, 6.45) is 5.42. The maximum absolute atomic E-state index is 12.7. The van der Waals surface area contributed by atoms with Crippen molar-refractivity contribution in [3.8, 4) is 0 Å². The largest absolute Gasteiger partial charge is 0.298 e. The molecule has 13 heavy (non-hydrogen) atoms. The maximum Gasteiger partial charge on any atom is 0.223 e. The fraction of sp³-hybridized carbons (Fsp3) is 0.111. The highest BCUT2D eigenvalue weighted by molar-refractivity contribution is 9.09. The Balaban J connectivity index is 2.99. The predicted molar refractivity (Wildman–Crippen MR) is 52.4 cm³/mol. The lowest BCUT2D eigenvalue weighted by Crippen LogP contribution is -1.92. The van der Waals surface area contributed by atoms with E-state index in [9.17, 15) is 9.18 Å². The van der Waals surface area contributed by atoms with Crippen molar-refractivity contribution < 1.29 is 9.18 Å². The van der Waals surface area contributed by atoms with Gasteiger partial charge in [0.05, 0.1) is 5.56 Å². The van der Waals surface area contributed by atoms with Crippen LogP contribution in [0.5, 0.6) is 0 Å². The average molecular weight is 244 g/mol. The Morgan fingerprint density at radius 1 is 1.62 bits per heavy atom. The molecule has 0 aliphatic carbocycles. The first-order valence-corrected chi connectivity index (χ1v) is 4.73. The number of halogens is 2. The van der Waals surface area contributed by atoms with Gasteiger partial charge in [-0.2, -0.15) is 4.39 Å². The predicted octanol–water partition coefficient (Wildman–Crippen LogP) is 2.44. The van der Waals surface area contributed by atoms with Crippen molar-refractivity contribution in [2.24, 2.45) is 0 Å². The third-order valence-corrected chi connectivity index (χ3v) is 1.79. The molecule has 0 aliphatic rings. The summed E-state index contributed by atoms with van der Waals surface area (Å²) < 4.78 is 12.7. The van der Waals surface area contributed by atoms with Gasteiger partial charge >= 0.3 is 0 Å². The van der Waals surface area contributed by atoms with Crippen molar-refractivity contribution in [3.05, 3.63) is 35.4 Å². The zero-order valence-corrected chi connectivity index (χ0v) is 8.29. The molecule has 0 spiro atoms. The number of pyridine rings is 1. The van der Waals surface area contributed by atoms with Gasteiger partial charge in [-0.1, -0.05) is 28.1 Å². The Kier molecular flexibility index (Phi) is 3.76. The van der Waals surface area contributed by atoms with Crippen LogP contribution in [0.25, 0.3) is 6.08 Å². The highest BCUT2D eigenvalue weighted by Gasteiger charge is 2.01. The molecule has 1 rings (SSSR count). The van der Waals surface area contributed by atoms with Gasteiger partial charge in [0.15, 0.2) is 6.29 Å². The molecule has 0 N–H and O–H groups in total. The zero-order chi connectivity index (χ0) is 9.68. The Bertz CT molecular complexity index is 338. The SMILES string of the molecule is O=Cc1cc(C=CCBr)cnc1F. The molecule has 2 nitrogen and oxygen atoms in total. The summed E-state index contributed by atoms with van der Waals surface area (Å²) in [5, 5.41) is 0.709. The molecule has 0 unspecified atom stereocenters. The molecule has 1 heterocycles.